The molecule has 0 saturated heterocycles. The van der Waals surface area contributed by atoms with E-state index in [9.17, 15) is 4.39 Å². The molecule has 0 aromatic carbocycles. The molecule has 0 spiro atoms. The first-order valence-electron chi connectivity index (χ1n) is 2.63. The Balaban J connectivity index is 0.000000810. The van der Waals surface area contributed by atoms with E-state index >= 15 is 0 Å². The zero-order valence-corrected chi connectivity index (χ0v) is 6.07. The molecule has 1 rings (SSSR count). The van der Waals surface area contributed by atoms with E-state index in [2.05, 4.69) is 4.98 Å². The molecule has 0 aliphatic carbocycles. The van der Waals surface area contributed by atoms with E-state index in [1.54, 1.807) is 0 Å². The van der Waals surface area contributed by atoms with Gasteiger partial charge < -0.3 is 5.73 Å². The third-order valence-electron chi connectivity index (χ3n) is 1.06. The summed E-state index contributed by atoms with van der Waals surface area (Å²) in [6.45, 7) is 0.208. The first-order valence-corrected chi connectivity index (χ1v) is 2.63. The molecule has 0 fully saturated rings. The lowest BCUT2D eigenvalue weighted by Crippen LogP contribution is -1.99. The minimum absolute atomic E-state index is 0. The molecule has 1 heterocycles. The van der Waals surface area contributed by atoms with E-state index in [0.717, 1.165) is 0 Å². The van der Waals surface area contributed by atoms with Crippen LogP contribution in [0.2, 0.25) is 0 Å². The maximum Gasteiger partial charge on any atom is 0.130 e. The highest BCUT2D eigenvalue weighted by Crippen LogP contribution is 2.01. The zero-order chi connectivity index (χ0) is 6.69. The molecule has 0 aliphatic heterocycles. The van der Waals surface area contributed by atoms with Crippen LogP contribution < -0.4 is 5.73 Å². The van der Waals surface area contributed by atoms with Crippen molar-refractivity contribution in [2.45, 2.75) is 6.54 Å². The Bertz CT molecular complexity index is 205. The van der Waals surface area contributed by atoms with Gasteiger partial charge in [-0.15, -0.1) is 12.4 Å². The van der Waals surface area contributed by atoms with Gasteiger partial charge in [0.15, 0.2) is 0 Å². The number of aromatic nitrogens is 1. The van der Waals surface area contributed by atoms with Crippen LogP contribution in [-0.4, -0.2) is 4.98 Å². The van der Waals surface area contributed by atoms with Crippen LogP contribution in [0.15, 0.2) is 18.5 Å². The second kappa shape index (κ2) is 4.19. The molecule has 2 N–H and O–H groups in total. The molecule has 0 unspecified atom stereocenters. The predicted octanol–water partition coefficient (Wildman–Crippen LogP) is 1.10. The molecule has 4 heteroatoms. The Morgan fingerprint density at radius 3 is 2.70 bits per heavy atom. The standard InChI is InChI=1S/C6H7FN2.ClH/c7-6-1-2-9-4-5(6)3-8;/h1-2,4H,3,8H2;1H. The van der Waals surface area contributed by atoms with Crippen molar-refractivity contribution >= 4 is 12.4 Å². The predicted molar refractivity (Wildman–Crippen MR) is 39.3 cm³/mol. The van der Waals surface area contributed by atoms with Gasteiger partial charge in [-0.05, 0) is 6.07 Å². The van der Waals surface area contributed by atoms with Crippen LogP contribution in [0.5, 0.6) is 0 Å². The average molecular weight is 163 g/mol. The summed E-state index contributed by atoms with van der Waals surface area (Å²) in [5.41, 5.74) is 5.63. The number of nitrogens with zero attached hydrogens (tertiary/aromatic N) is 1. The lowest BCUT2D eigenvalue weighted by Gasteiger charge is -1.94. The molecule has 0 aliphatic rings. The highest BCUT2D eigenvalue weighted by molar-refractivity contribution is 5.85. The number of pyridine rings is 1. The Morgan fingerprint density at radius 2 is 2.30 bits per heavy atom. The summed E-state index contributed by atoms with van der Waals surface area (Å²) in [7, 11) is 0. The molecule has 0 atom stereocenters. The molecule has 1 aromatic heterocycles. The molecule has 2 nitrogen and oxygen atoms in total. The Morgan fingerprint density at radius 1 is 1.60 bits per heavy atom. The first kappa shape index (κ1) is 9.33. The van der Waals surface area contributed by atoms with E-state index in [4.69, 9.17) is 5.73 Å². The summed E-state index contributed by atoms with van der Waals surface area (Å²) in [5.74, 6) is -0.285. The minimum Gasteiger partial charge on any atom is -0.326 e. The van der Waals surface area contributed by atoms with Crippen molar-refractivity contribution in [3.8, 4) is 0 Å². The lowest BCUT2D eigenvalue weighted by molar-refractivity contribution is 0.607. The Kier molecular flexibility index (Phi) is 3.91. The number of hydrogen-bond acceptors (Lipinski definition) is 2. The van der Waals surface area contributed by atoms with Crippen molar-refractivity contribution in [3.63, 3.8) is 0 Å². The van der Waals surface area contributed by atoms with E-state index in [1.807, 2.05) is 0 Å². The normalized spacial score (nSPS) is 8.60. The minimum atomic E-state index is -0.285. The van der Waals surface area contributed by atoms with Crippen LogP contribution in [0.4, 0.5) is 4.39 Å². The van der Waals surface area contributed by atoms with Gasteiger partial charge in [-0.2, -0.15) is 0 Å². The fourth-order valence-corrected chi connectivity index (χ4v) is 0.560. The summed E-state index contributed by atoms with van der Waals surface area (Å²) >= 11 is 0. The molecular weight excluding hydrogens is 155 g/mol. The van der Waals surface area contributed by atoms with Crippen molar-refractivity contribution in [2.24, 2.45) is 5.73 Å². The van der Waals surface area contributed by atoms with Crippen molar-refractivity contribution in [3.05, 3.63) is 29.8 Å². The molecule has 0 saturated carbocycles. The average Bonchev–Trinajstić information content (AvgIpc) is 1.89. The first-order chi connectivity index (χ1) is 4.34. The van der Waals surface area contributed by atoms with Crippen LogP contribution in [0.1, 0.15) is 5.56 Å². The summed E-state index contributed by atoms with van der Waals surface area (Å²) < 4.78 is 12.5. The van der Waals surface area contributed by atoms with Crippen molar-refractivity contribution in [2.75, 3.05) is 0 Å². The van der Waals surface area contributed by atoms with Crippen LogP contribution in [0.3, 0.4) is 0 Å². The van der Waals surface area contributed by atoms with Crippen molar-refractivity contribution in [1.29, 1.82) is 0 Å². The maximum absolute atomic E-state index is 12.5. The Labute approximate surface area is 64.7 Å². The smallest absolute Gasteiger partial charge is 0.130 e. The number of halogens is 2. The lowest BCUT2D eigenvalue weighted by atomic mass is 10.3. The third kappa shape index (κ3) is 1.93. The maximum atomic E-state index is 12.5. The largest absolute Gasteiger partial charge is 0.326 e. The number of nitrogens with two attached hydrogens (primary N) is 1. The fourth-order valence-electron chi connectivity index (χ4n) is 0.560. The van der Waals surface area contributed by atoms with Gasteiger partial charge in [-0.25, -0.2) is 4.39 Å². The highest BCUT2D eigenvalue weighted by atomic mass is 35.5. The molecule has 0 radical (unpaired) electrons. The van der Waals surface area contributed by atoms with Gasteiger partial charge in [0.05, 0.1) is 0 Å². The van der Waals surface area contributed by atoms with Gasteiger partial charge in [0, 0.05) is 24.5 Å². The summed E-state index contributed by atoms with van der Waals surface area (Å²) in [5, 5.41) is 0. The molecule has 0 bridgehead atoms. The Hall–Kier alpha value is -0.670. The quantitative estimate of drug-likeness (QED) is 0.672. The molecular formula is C6H8ClFN2. The summed E-state index contributed by atoms with van der Waals surface area (Å²) in [4.78, 5) is 3.70. The molecule has 10 heavy (non-hydrogen) atoms. The van der Waals surface area contributed by atoms with Gasteiger partial charge in [-0.3, -0.25) is 4.98 Å². The topological polar surface area (TPSA) is 38.9 Å². The number of rotatable bonds is 1. The van der Waals surface area contributed by atoms with Gasteiger partial charge in [-0.1, -0.05) is 0 Å². The monoisotopic (exact) mass is 162 g/mol. The van der Waals surface area contributed by atoms with Gasteiger partial charge in [0.25, 0.3) is 0 Å². The van der Waals surface area contributed by atoms with Gasteiger partial charge in [0.2, 0.25) is 0 Å². The molecule has 0 amide bonds. The van der Waals surface area contributed by atoms with Gasteiger partial charge in [0.1, 0.15) is 5.82 Å². The fraction of sp³-hybridized carbons (Fsp3) is 0.167. The van der Waals surface area contributed by atoms with Crippen LogP contribution in [-0.2, 0) is 6.54 Å². The number of hydrogen-bond donors (Lipinski definition) is 1. The van der Waals surface area contributed by atoms with Crippen LogP contribution >= 0.6 is 12.4 Å². The van der Waals surface area contributed by atoms with E-state index in [-0.39, 0.29) is 24.8 Å². The summed E-state index contributed by atoms with van der Waals surface area (Å²) in [6, 6.07) is 1.29. The second-order valence-corrected chi connectivity index (χ2v) is 1.67. The van der Waals surface area contributed by atoms with Crippen LogP contribution in [0.25, 0.3) is 0 Å². The van der Waals surface area contributed by atoms with Crippen molar-refractivity contribution < 1.29 is 4.39 Å². The van der Waals surface area contributed by atoms with E-state index in [1.165, 1.54) is 18.5 Å². The third-order valence-corrected chi connectivity index (χ3v) is 1.06. The van der Waals surface area contributed by atoms with Crippen LogP contribution in [0, 0.1) is 5.82 Å². The highest BCUT2D eigenvalue weighted by Gasteiger charge is 1.95. The molecule has 1 aromatic rings. The van der Waals surface area contributed by atoms with E-state index < -0.39 is 0 Å². The van der Waals surface area contributed by atoms with Crippen molar-refractivity contribution in [1.82, 2.24) is 4.98 Å². The molecule has 56 valence electrons. The van der Waals surface area contributed by atoms with Gasteiger partial charge >= 0.3 is 0 Å². The SMILES string of the molecule is Cl.NCc1cnccc1F. The zero-order valence-electron chi connectivity index (χ0n) is 5.25. The summed E-state index contributed by atoms with van der Waals surface area (Å²) in [6.07, 6.45) is 2.82. The second-order valence-electron chi connectivity index (χ2n) is 1.67. The van der Waals surface area contributed by atoms with E-state index in [0.29, 0.717) is 5.56 Å².